The first kappa shape index (κ1) is 23.6. The van der Waals surface area contributed by atoms with Crippen LogP contribution < -0.4 is 15.0 Å². The number of halogens is 4. The monoisotopic (exact) mass is 449 g/mol. The van der Waals surface area contributed by atoms with Crippen LogP contribution in [0.2, 0.25) is 5.02 Å². The Morgan fingerprint density at radius 3 is 2.43 bits per heavy atom. The topological polar surface area (TPSA) is 87.0 Å². The molecule has 1 N–H and O–H groups in total. The molecule has 164 valence electrons. The number of hydrogen-bond donors (Lipinski definition) is 1. The number of hydrogen-bond acceptors (Lipinski definition) is 5. The van der Waals surface area contributed by atoms with Gasteiger partial charge in [0.05, 0.1) is 13.3 Å². The number of alkyl halides is 3. The molecule has 1 aromatic heterocycles. The molecule has 1 unspecified atom stereocenters. The third kappa shape index (κ3) is 5.90. The van der Waals surface area contributed by atoms with Crippen molar-refractivity contribution in [2.75, 3.05) is 27.4 Å². The van der Waals surface area contributed by atoms with E-state index in [-0.39, 0.29) is 40.7 Å². The average molecular weight is 450 g/mol. The van der Waals surface area contributed by atoms with Crippen LogP contribution in [-0.4, -0.2) is 49.3 Å². The van der Waals surface area contributed by atoms with E-state index < -0.39 is 30.4 Å². The minimum absolute atomic E-state index is 0.0192. The highest BCUT2D eigenvalue weighted by Gasteiger charge is 2.29. The fourth-order valence-electron chi connectivity index (χ4n) is 2.75. The summed E-state index contributed by atoms with van der Waals surface area (Å²) in [7, 11) is 2.67. The first-order valence-electron chi connectivity index (χ1n) is 8.58. The van der Waals surface area contributed by atoms with E-state index >= 15 is 0 Å². The molecule has 1 atom stereocenters. The predicted octanol–water partition coefficient (Wildman–Crippen LogP) is 3.78. The van der Waals surface area contributed by atoms with E-state index in [0.29, 0.717) is 0 Å². The number of methoxy groups -OCH3 is 2. The van der Waals surface area contributed by atoms with Gasteiger partial charge >= 0.3 is 12.1 Å². The van der Waals surface area contributed by atoms with Gasteiger partial charge in [-0.2, -0.15) is 13.2 Å². The summed E-state index contributed by atoms with van der Waals surface area (Å²) in [6.45, 7) is -1.45. The molecule has 0 radical (unpaired) electrons. The molecule has 7 nitrogen and oxygen atoms in total. The Labute approximate surface area is 174 Å². The Hall–Kier alpha value is -2.72. The summed E-state index contributed by atoms with van der Waals surface area (Å²) < 4.78 is 53.7. The maximum Gasteiger partial charge on any atom is 0.422 e. The zero-order valence-corrected chi connectivity index (χ0v) is 16.8. The molecule has 1 heterocycles. The van der Waals surface area contributed by atoms with Gasteiger partial charge in [0.1, 0.15) is 17.5 Å². The number of benzene rings is 1. The first-order valence-corrected chi connectivity index (χ1v) is 8.96. The van der Waals surface area contributed by atoms with Gasteiger partial charge in [-0.05, 0) is 18.2 Å². The number of nitrogens with zero attached hydrogens (tertiary/aromatic N) is 1. The van der Waals surface area contributed by atoms with E-state index in [4.69, 9.17) is 25.8 Å². The van der Waals surface area contributed by atoms with Gasteiger partial charge in [-0.25, -0.2) is 4.79 Å². The number of aromatic nitrogens is 1. The van der Waals surface area contributed by atoms with Gasteiger partial charge in [0, 0.05) is 42.4 Å². The maximum atomic E-state index is 12.7. The minimum Gasteiger partial charge on any atom is -0.495 e. The van der Waals surface area contributed by atoms with E-state index in [1.165, 1.54) is 38.6 Å². The van der Waals surface area contributed by atoms with Gasteiger partial charge in [-0.3, -0.25) is 9.36 Å². The number of aliphatic carboxylic acids is 1. The number of pyridine rings is 1. The Bertz CT molecular complexity index is 960. The lowest BCUT2D eigenvalue weighted by Crippen LogP contribution is -2.30. The van der Waals surface area contributed by atoms with Crippen LogP contribution in [0.3, 0.4) is 0 Å². The van der Waals surface area contributed by atoms with Crippen molar-refractivity contribution in [2.24, 2.45) is 0 Å². The van der Waals surface area contributed by atoms with E-state index in [0.717, 1.165) is 10.6 Å². The van der Waals surface area contributed by atoms with Crippen LogP contribution in [0.4, 0.5) is 13.2 Å². The summed E-state index contributed by atoms with van der Waals surface area (Å²) in [5, 5.41) is 9.65. The summed E-state index contributed by atoms with van der Waals surface area (Å²) in [5.74, 6) is -1.36. The molecule has 0 amide bonds. The van der Waals surface area contributed by atoms with Crippen molar-refractivity contribution in [1.29, 1.82) is 0 Å². The van der Waals surface area contributed by atoms with Crippen molar-refractivity contribution in [1.82, 2.24) is 4.57 Å². The lowest BCUT2D eigenvalue weighted by Gasteiger charge is -2.19. The molecule has 0 spiro atoms. The van der Waals surface area contributed by atoms with Crippen molar-refractivity contribution in [2.45, 2.75) is 18.6 Å². The van der Waals surface area contributed by atoms with Crippen molar-refractivity contribution < 1.29 is 37.3 Å². The van der Waals surface area contributed by atoms with E-state index in [2.05, 4.69) is 0 Å². The molecule has 30 heavy (non-hydrogen) atoms. The summed E-state index contributed by atoms with van der Waals surface area (Å²) in [4.78, 5) is 24.2. The molecule has 0 saturated heterocycles. The molecule has 0 fully saturated rings. The molecule has 2 rings (SSSR count). The summed E-state index contributed by atoms with van der Waals surface area (Å²) in [6.07, 6.45) is -3.37. The molecule has 2 aromatic rings. The SMILES string of the molecule is COCCC(C(=O)O)n1cc(OC)c(-c2cc(Cl)ccc2OCC(F)(F)F)cc1=O. The van der Waals surface area contributed by atoms with Crippen LogP contribution in [0.25, 0.3) is 11.1 Å². The standard InChI is InChI=1S/C19H19ClF3NO6/c1-28-6-5-14(18(26)27)24-9-16(29-2)13(8-17(24)25)12-7-11(20)3-4-15(12)30-10-19(21,22)23/h3-4,7-9,14H,5-6,10H2,1-2H3,(H,26,27). The van der Waals surface area contributed by atoms with Crippen LogP contribution in [0, 0.1) is 0 Å². The Morgan fingerprint density at radius 1 is 1.20 bits per heavy atom. The lowest BCUT2D eigenvalue weighted by molar-refractivity contribution is -0.153. The highest BCUT2D eigenvalue weighted by Crippen LogP contribution is 2.38. The Morgan fingerprint density at radius 2 is 1.87 bits per heavy atom. The van der Waals surface area contributed by atoms with Crippen molar-refractivity contribution in [3.05, 3.63) is 45.8 Å². The Balaban J connectivity index is 2.58. The fraction of sp³-hybridized carbons (Fsp3) is 0.368. The van der Waals surface area contributed by atoms with Crippen molar-refractivity contribution in [3.8, 4) is 22.6 Å². The van der Waals surface area contributed by atoms with Gasteiger partial charge in [0.2, 0.25) is 0 Å². The highest BCUT2D eigenvalue weighted by atomic mass is 35.5. The second kappa shape index (κ2) is 9.86. The quantitative estimate of drug-likeness (QED) is 0.627. The number of ether oxygens (including phenoxy) is 3. The normalized spacial score (nSPS) is 12.5. The van der Waals surface area contributed by atoms with E-state index in [1.54, 1.807) is 0 Å². The smallest absolute Gasteiger partial charge is 0.422 e. The van der Waals surface area contributed by atoms with Gasteiger partial charge in [-0.15, -0.1) is 0 Å². The molecule has 0 saturated carbocycles. The zero-order valence-electron chi connectivity index (χ0n) is 16.0. The zero-order chi connectivity index (χ0) is 22.5. The molecule has 0 aliphatic heterocycles. The van der Waals surface area contributed by atoms with Gasteiger partial charge in [0.25, 0.3) is 5.56 Å². The second-order valence-corrected chi connectivity index (χ2v) is 6.62. The summed E-state index contributed by atoms with van der Waals surface area (Å²) in [5.41, 5.74) is -0.498. The first-order chi connectivity index (χ1) is 14.1. The highest BCUT2D eigenvalue weighted by molar-refractivity contribution is 6.31. The van der Waals surface area contributed by atoms with Crippen LogP contribution in [0.15, 0.2) is 35.3 Å². The third-order valence-electron chi connectivity index (χ3n) is 4.10. The summed E-state index contributed by atoms with van der Waals surface area (Å²) >= 11 is 5.98. The van der Waals surface area contributed by atoms with Crippen LogP contribution in [-0.2, 0) is 9.53 Å². The largest absolute Gasteiger partial charge is 0.495 e. The van der Waals surface area contributed by atoms with Gasteiger partial charge in [-0.1, -0.05) is 11.6 Å². The lowest BCUT2D eigenvalue weighted by atomic mass is 10.0. The van der Waals surface area contributed by atoms with E-state index in [9.17, 15) is 27.9 Å². The molecule has 0 aliphatic carbocycles. The molecule has 0 bridgehead atoms. The van der Waals surface area contributed by atoms with Crippen molar-refractivity contribution in [3.63, 3.8) is 0 Å². The van der Waals surface area contributed by atoms with Gasteiger partial charge in [0.15, 0.2) is 6.61 Å². The number of rotatable bonds is 9. The second-order valence-electron chi connectivity index (χ2n) is 6.18. The average Bonchev–Trinajstić information content (AvgIpc) is 2.67. The molecular weight excluding hydrogens is 431 g/mol. The Kier molecular flexibility index (Phi) is 7.74. The molecular formula is C19H19ClF3NO6. The summed E-state index contributed by atoms with van der Waals surface area (Å²) in [6, 6.07) is 3.76. The van der Waals surface area contributed by atoms with Crippen LogP contribution in [0.1, 0.15) is 12.5 Å². The number of carboxylic acid groups (broad SMARTS) is 1. The van der Waals surface area contributed by atoms with Crippen LogP contribution in [0.5, 0.6) is 11.5 Å². The van der Waals surface area contributed by atoms with E-state index in [1.807, 2.05) is 0 Å². The third-order valence-corrected chi connectivity index (χ3v) is 4.34. The van der Waals surface area contributed by atoms with Crippen LogP contribution >= 0.6 is 11.6 Å². The molecule has 0 aliphatic rings. The minimum atomic E-state index is -4.57. The maximum absolute atomic E-state index is 12.7. The predicted molar refractivity (Wildman–Crippen MR) is 102 cm³/mol. The van der Waals surface area contributed by atoms with Crippen molar-refractivity contribution >= 4 is 17.6 Å². The number of carboxylic acids is 1. The fourth-order valence-corrected chi connectivity index (χ4v) is 2.93. The van der Waals surface area contributed by atoms with Gasteiger partial charge < -0.3 is 19.3 Å². The molecule has 1 aromatic carbocycles. The molecule has 11 heteroatoms. The number of carbonyl (C=O) groups is 1.